The average molecular weight is 496 g/mol. The zero-order chi connectivity index (χ0) is 23.9. The van der Waals surface area contributed by atoms with Crippen molar-refractivity contribution in [3.8, 4) is 0 Å². The highest BCUT2D eigenvalue weighted by molar-refractivity contribution is 7.90. The first kappa shape index (κ1) is 23.9. The Balaban J connectivity index is 1.37. The van der Waals surface area contributed by atoms with Crippen LogP contribution < -0.4 is 10.2 Å². The highest BCUT2D eigenvalue weighted by Crippen LogP contribution is 2.30. The standard InChI is InChI=1S/C22H30FN5O3S2/c1-13(2)20-25-22(32-26-20)27-8-5-15(6-9-27)28-10-7-17(21(28)29)24-18-11-14(3)19(12-16(18)23)33(4,30)31/h11-13,15,17,24H,5-10H2,1-4H3/t17-/m0/s1. The molecule has 0 aliphatic carbocycles. The van der Waals surface area contributed by atoms with Crippen LogP contribution in [0.2, 0.25) is 0 Å². The van der Waals surface area contributed by atoms with Crippen LogP contribution in [0, 0.1) is 12.7 Å². The van der Waals surface area contributed by atoms with E-state index in [1.54, 1.807) is 6.92 Å². The first-order valence-corrected chi connectivity index (χ1v) is 13.9. The number of piperidine rings is 1. The highest BCUT2D eigenvalue weighted by atomic mass is 32.2. The van der Waals surface area contributed by atoms with Crippen LogP contribution in [0.5, 0.6) is 0 Å². The van der Waals surface area contributed by atoms with Crippen LogP contribution >= 0.6 is 11.5 Å². The summed E-state index contributed by atoms with van der Waals surface area (Å²) in [5, 5.41) is 3.95. The Morgan fingerprint density at radius 3 is 2.48 bits per heavy atom. The minimum absolute atomic E-state index is 0.0318. The average Bonchev–Trinajstić information content (AvgIpc) is 3.38. The van der Waals surface area contributed by atoms with E-state index in [-0.39, 0.29) is 22.5 Å². The minimum Gasteiger partial charge on any atom is -0.371 e. The third-order valence-corrected chi connectivity index (χ3v) is 8.39. The first-order valence-electron chi connectivity index (χ1n) is 11.2. The molecule has 1 amide bonds. The summed E-state index contributed by atoms with van der Waals surface area (Å²) in [4.78, 5) is 21.8. The van der Waals surface area contributed by atoms with E-state index in [9.17, 15) is 17.6 Å². The van der Waals surface area contributed by atoms with E-state index in [0.29, 0.717) is 24.4 Å². The number of sulfone groups is 1. The summed E-state index contributed by atoms with van der Waals surface area (Å²) in [6.45, 7) is 8.04. The van der Waals surface area contributed by atoms with Gasteiger partial charge in [-0.05, 0) is 43.9 Å². The summed E-state index contributed by atoms with van der Waals surface area (Å²) in [6, 6.07) is 2.13. The summed E-state index contributed by atoms with van der Waals surface area (Å²) in [5.74, 6) is 0.470. The number of nitrogens with zero attached hydrogens (tertiary/aromatic N) is 4. The monoisotopic (exact) mass is 495 g/mol. The molecule has 11 heteroatoms. The van der Waals surface area contributed by atoms with E-state index < -0.39 is 21.7 Å². The third-order valence-electron chi connectivity index (χ3n) is 6.36. The molecule has 1 aromatic heterocycles. The van der Waals surface area contributed by atoms with Gasteiger partial charge in [-0.25, -0.2) is 17.8 Å². The molecule has 1 atom stereocenters. The third kappa shape index (κ3) is 4.98. The number of amides is 1. The molecule has 180 valence electrons. The lowest BCUT2D eigenvalue weighted by Crippen LogP contribution is -2.47. The van der Waals surface area contributed by atoms with Crippen molar-refractivity contribution in [2.24, 2.45) is 0 Å². The number of carbonyl (C=O) groups excluding carboxylic acids is 1. The van der Waals surface area contributed by atoms with Crippen molar-refractivity contribution < 1.29 is 17.6 Å². The Hall–Kier alpha value is -2.27. The maximum Gasteiger partial charge on any atom is 0.245 e. The Labute approximate surface area is 198 Å². The smallest absolute Gasteiger partial charge is 0.245 e. The molecule has 33 heavy (non-hydrogen) atoms. The zero-order valence-electron chi connectivity index (χ0n) is 19.3. The summed E-state index contributed by atoms with van der Waals surface area (Å²) in [6.07, 6.45) is 3.34. The topological polar surface area (TPSA) is 95.5 Å². The predicted molar refractivity (Wildman–Crippen MR) is 127 cm³/mol. The summed E-state index contributed by atoms with van der Waals surface area (Å²) in [5.41, 5.74) is 0.612. The summed E-state index contributed by atoms with van der Waals surface area (Å²) < 4.78 is 42.7. The van der Waals surface area contributed by atoms with Crippen LogP contribution in [0.3, 0.4) is 0 Å². The minimum atomic E-state index is -3.52. The Morgan fingerprint density at radius 1 is 1.18 bits per heavy atom. The summed E-state index contributed by atoms with van der Waals surface area (Å²) in [7, 11) is -3.52. The number of nitrogens with one attached hydrogen (secondary N) is 1. The Morgan fingerprint density at radius 2 is 1.88 bits per heavy atom. The molecule has 2 aromatic rings. The van der Waals surface area contributed by atoms with Crippen molar-refractivity contribution in [1.29, 1.82) is 0 Å². The number of benzene rings is 1. The second kappa shape index (κ2) is 9.17. The molecule has 0 saturated carbocycles. The maximum atomic E-state index is 14.6. The molecule has 1 N–H and O–H groups in total. The maximum absolute atomic E-state index is 14.6. The number of hydrogen-bond acceptors (Lipinski definition) is 8. The van der Waals surface area contributed by atoms with Gasteiger partial charge in [0.1, 0.15) is 17.7 Å². The van der Waals surface area contributed by atoms with Crippen LogP contribution in [-0.4, -0.2) is 66.6 Å². The Bertz CT molecular complexity index is 1140. The molecular formula is C22H30FN5O3S2. The predicted octanol–water partition coefficient (Wildman–Crippen LogP) is 3.19. The van der Waals surface area contributed by atoms with Gasteiger partial charge in [-0.2, -0.15) is 4.37 Å². The molecule has 0 bridgehead atoms. The molecule has 2 aliphatic rings. The van der Waals surface area contributed by atoms with E-state index in [0.717, 1.165) is 49.2 Å². The fraction of sp³-hybridized carbons (Fsp3) is 0.591. The van der Waals surface area contributed by atoms with Crippen molar-refractivity contribution in [1.82, 2.24) is 14.3 Å². The van der Waals surface area contributed by atoms with Crippen LogP contribution in [0.15, 0.2) is 17.0 Å². The van der Waals surface area contributed by atoms with Gasteiger partial charge in [-0.15, -0.1) is 0 Å². The number of carbonyl (C=O) groups is 1. The fourth-order valence-corrected chi connectivity index (χ4v) is 6.34. The summed E-state index contributed by atoms with van der Waals surface area (Å²) >= 11 is 1.43. The molecule has 0 radical (unpaired) electrons. The molecule has 0 spiro atoms. The van der Waals surface area contributed by atoms with Gasteiger partial charge in [0.15, 0.2) is 9.84 Å². The van der Waals surface area contributed by atoms with Crippen LogP contribution in [0.1, 0.15) is 50.4 Å². The van der Waals surface area contributed by atoms with Gasteiger partial charge < -0.3 is 15.1 Å². The molecule has 2 aliphatic heterocycles. The number of rotatable bonds is 6. The van der Waals surface area contributed by atoms with Crippen molar-refractivity contribution in [3.63, 3.8) is 0 Å². The van der Waals surface area contributed by atoms with E-state index in [4.69, 9.17) is 0 Å². The number of aryl methyl sites for hydroxylation is 1. The van der Waals surface area contributed by atoms with Crippen LogP contribution in [0.25, 0.3) is 0 Å². The lowest BCUT2D eigenvalue weighted by atomic mass is 10.0. The zero-order valence-corrected chi connectivity index (χ0v) is 21.0. The second-order valence-corrected chi connectivity index (χ2v) is 11.9. The molecule has 2 fully saturated rings. The second-order valence-electron chi connectivity index (χ2n) is 9.20. The Kier molecular flexibility index (Phi) is 6.63. The van der Waals surface area contributed by atoms with Gasteiger partial charge in [0.2, 0.25) is 11.0 Å². The van der Waals surface area contributed by atoms with Gasteiger partial charge in [0.05, 0.1) is 10.6 Å². The molecule has 2 saturated heterocycles. The number of halogens is 1. The van der Waals surface area contributed by atoms with E-state index in [2.05, 4.69) is 33.4 Å². The SMILES string of the molecule is Cc1cc(N[C@H]2CCN(C3CCN(c4nc(C(C)C)ns4)CC3)C2=O)c(F)cc1S(C)(=O)=O. The highest BCUT2D eigenvalue weighted by Gasteiger charge is 2.38. The van der Waals surface area contributed by atoms with E-state index in [1.807, 2.05) is 4.90 Å². The van der Waals surface area contributed by atoms with Gasteiger partial charge in [-0.3, -0.25) is 4.79 Å². The van der Waals surface area contributed by atoms with Crippen molar-refractivity contribution >= 4 is 38.1 Å². The van der Waals surface area contributed by atoms with E-state index >= 15 is 0 Å². The van der Waals surface area contributed by atoms with Crippen LogP contribution in [-0.2, 0) is 14.6 Å². The van der Waals surface area contributed by atoms with Gasteiger partial charge in [0.25, 0.3) is 0 Å². The largest absolute Gasteiger partial charge is 0.371 e. The number of likely N-dealkylation sites (tertiary alicyclic amines) is 1. The number of aromatic nitrogens is 2. The van der Waals surface area contributed by atoms with Crippen LogP contribution in [0.4, 0.5) is 15.2 Å². The molecule has 4 rings (SSSR count). The molecular weight excluding hydrogens is 465 g/mol. The van der Waals surface area contributed by atoms with E-state index in [1.165, 1.54) is 17.6 Å². The molecule has 8 nitrogen and oxygen atoms in total. The quantitative estimate of drug-likeness (QED) is 0.658. The van der Waals surface area contributed by atoms with Gasteiger partial charge >= 0.3 is 0 Å². The molecule has 0 unspecified atom stereocenters. The lowest BCUT2D eigenvalue weighted by molar-refractivity contribution is -0.130. The first-order chi connectivity index (χ1) is 15.5. The fourth-order valence-electron chi connectivity index (χ4n) is 4.52. The normalized spacial score (nSPS) is 20.2. The van der Waals surface area contributed by atoms with Crippen molar-refractivity contribution in [2.75, 3.05) is 36.1 Å². The lowest BCUT2D eigenvalue weighted by Gasteiger charge is -2.36. The molecule has 1 aromatic carbocycles. The van der Waals surface area contributed by atoms with Gasteiger partial charge in [-0.1, -0.05) is 13.8 Å². The van der Waals surface area contributed by atoms with Crippen molar-refractivity contribution in [2.45, 2.75) is 62.9 Å². The number of hydrogen-bond donors (Lipinski definition) is 1. The number of anilines is 2. The van der Waals surface area contributed by atoms with Gasteiger partial charge in [0, 0.05) is 49.4 Å². The van der Waals surface area contributed by atoms with Crippen molar-refractivity contribution in [3.05, 3.63) is 29.3 Å². The molecule has 3 heterocycles.